The van der Waals surface area contributed by atoms with E-state index in [-0.39, 0.29) is 6.10 Å². The number of aliphatic hydroxyl groups excluding tert-OH is 1. The van der Waals surface area contributed by atoms with Gasteiger partial charge in [-0.1, -0.05) is 48.0 Å². The van der Waals surface area contributed by atoms with E-state index in [0.29, 0.717) is 47.9 Å². The minimum Gasteiger partial charge on any atom is -0.393 e. The number of rotatable bonds is 5. The second-order valence-electron chi connectivity index (χ2n) is 9.75. The quantitative estimate of drug-likeness (QED) is 0.338. The number of aliphatic hydroxyl groups is 2. The molecule has 38 heavy (non-hydrogen) atoms. The number of pyridine rings is 2. The summed E-state index contributed by atoms with van der Waals surface area (Å²) in [7, 11) is 1.86. The lowest BCUT2D eigenvalue weighted by Gasteiger charge is -2.33. The van der Waals surface area contributed by atoms with Crippen molar-refractivity contribution >= 4 is 28.3 Å². The highest BCUT2D eigenvalue weighted by molar-refractivity contribution is 6.38. The minimum atomic E-state index is -1.53. The van der Waals surface area contributed by atoms with Gasteiger partial charge < -0.3 is 19.7 Å². The summed E-state index contributed by atoms with van der Waals surface area (Å²) < 4.78 is 1.81. The Morgan fingerprint density at radius 1 is 0.947 bits per heavy atom. The van der Waals surface area contributed by atoms with E-state index in [1.54, 1.807) is 30.7 Å². The van der Waals surface area contributed by atoms with Gasteiger partial charge in [0.15, 0.2) is 5.60 Å². The molecule has 2 N–H and O–H groups in total. The molecule has 0 radical (unpaired) electrons. The first-order valence-corrected chi connectivity index (χ1v) is 13.1. The fraction of sp³-hybridized carbons (Fsp3) is 0.233. The van der Waals surface area contributed by atoms with Gasteiger partial charge in [0, 0.05) is 55.9 Å². The molecule has 192 valence electrons. The van der Waals surface area contributed by atoms with E-state index in [1.165, 1.54) is 0 Å². The molecule has 1 aliphatic heterocycles. The SMILES string of the molecule is Cn1ccnc1C(O)(c1ccncc1)c1ccc2nc(N3CCC(O)CC3)c(-c3ccccc3)c(Cl)c2c1. The highest BCUT2D eigenvalue weighted by Gasteiger charge is 2.38. The van der Waals surface area contributed by atoms with Crippen LogP contribution in [0.4, 0.5) is 5.82 Å². The van der Waals surface area contributed by atoms with Crippen molar-refractivity contribution in [2.24, 2.45) is 7.05 Å². The summed E-state index contributed by atoms with van der Waals surface area (Å²) in [5.41, 5.74) is 2.29. The minimum absolute atomic E-state index is 0.290. The van der Waals surface area contributed by atoms with Crippen molar-refractivity contribution in [2.75, 3.05) is 18.0 Å². The molecular formula is C30H28ClN5O2. The van der Waals surface area contributed by atoms with Crippen LogP contribution in [0.3, 0.4) is 0 Å². The molecule has 8 heteroatoms. The fourth-order valence-electron chi connectivity index (χ4n) is 5.34. The van der Waals surface area contributed by atoms with Gasteiger partial charge >= 0.3 is 0 Å². The van der Waals surface area contributed by atoms with Crippen molar-refractivity contribution < 1.29 is 10.2 Å². The van der Waals surface area contributed by atoms with Crippen LogP contribution in [0.25, 0.3) is 22.0 Å². The van der Waals surface area contributed by atoms with Crippen LogP contribution in [0.5, 0.6) is 0 Å². The molecule has 7 nitrogen and oxygen atoms in total. The molecule has 5 aromatic rings. The Morgan fingerprint density at radius 2 is 1.68 bits per heavy atom. The summed E-state index contributed by atoms with van der Waals surface area (Å²) in [5.74, 6) is 1.29. The topological polar surface area (TPSA) is 87.3 Å². The second kappa shape index (κ2) is 9.83. The van der Waals surface area contributed by atoms with E-state index >= 15 is 0 Å². The third-order valence-electron chi connectivity index (χ3n) is 7.39. The normalized spacial score (nSPS) is 16.1. The fourth-order valence-corrected chi connectivity index (χ4v) is 5.68. The van der Waals surface area contributed by atoms with E-state index in [1.807, 2.05) is 66.3 Å². The van der Waals surface area contributed by atoms with Crippen LogP contribution in [-0.2, 0) is 12.6 Å². The smallest absolute Gasteiger partial charge is 0.173 e. The molecule has 1 fully saturated rings. The summed E-state index contributed by atoms with van der Waals surface area (Å²) in [5, 5.41) is 23.7. The molecule has 0 spiro atoms. The van der Waals surface area contributed by atoms with E-state index in [0.717, 1.165) is 27.8 Å². The Bertz CT molecular complexity index is 1580. The van der Waals surface area contributed by atoms with Crippen LogP contribution in [0.2, 0.25) is 5.02 Å². The summed E-state index contributed by atoms with van der Waals surface area (Å²) in [6, 6.07) is 19.3. The lowest BCUT2D eigenvalue weighted by Crippen LogP contribution is -2.36. The molecule has 0 saturated carbocycles. The van der Waals surface area contributed by atoms with Crippen LogP contribution >= 0.6 is 11.6 Å². The predicted octanol–water partition coefficient (Wildman–Crippen LogP) is 4.93. The average molecular weight is 526 g/mol. The van der Waals surface area contributed by atoms with Gasteiger partial charge in [-0.2, -0.15) is 0 Å². The van der Waals surface area contributed by atoms with Crippen LogP contribution in [0.15, 0.2) is 85.5 Å². The number of aryl methyl sites for hydroxylation is 1. The van der Waals surface area contributed by atoms with Crippen molar-refractivity contribution in [2.45, 2.75) is 24.5 Å². The largest absolute Gasteiger partial charge is 0.393 e. The first kappa shape index (κ1) is 24.6. The van der Waals surface area contributed by atoms with Crippen LogP contribution in [0, 0.1) is 0 Å². The number of fused-ring (bicyclic) bond motifs is 1. The maximum atomic E-state index is 12.3. The van der Waals surface area contributed by atoms with Gasteiger partial charge in [-0.05, 0) is 53.8 Å². The van der Waals surface area contributed by atoms with Crippen molar-refractivity contribution in [3.8, 4) is 11.1 Å². The van der Waals surface area contributed by atoms with Gasteiger partial charge in [-0.25, -0.2) is 9.97 Å². The summed E-state index contributed by atoms with van der Waals surface area (Å²) >= 11 is 7.22. The zero-order valence-electron chi connectivity index (χ0n) is 21.0. The molecule has 0 amide bonds. The molecule has 1 saturated heterocycles. The third kappa shape index (κ3) is 4.13. The lowest BCUT2D eigenvalue weighted by molar-refractivity contribution is 0.112. The predicted molar refractivity (Wildman–Crippen MR) is 149 cm³/mol. The van der Waals surface area contributed by atoms with Crippen molar-refractivity contribution in [3.63, 3.8) is 0 Å². The molecule has 6 rings (SSSR count). The zero-order chi connectivity index (χ0) is 26.3. The van der Waals surface area contributed by atoms with Crippen LogP contribution in [-0.4, -0.2) is 48.9 Å². The first-order valence-electron chi connectivity index (χ1n) is 12.7. The van der Waals surface area contributed by atoms with Gasteiger partial charge in [-0.3, -0.25) is 4.98 Å². The van der Waals surface area contributed by atoms with E-state index in [2.05, 4.69) is 14.9 Å². The van der Waals surface area contributed by atoms with Crippen LogP contribution < -0.4 is 4.90 Å². The molecule has 4 heterocycles. The number of aromatic nitrogens is 4. The molecule has 0 bridgehead atoms. The molecule has 1 atom stereocenters. The molecule has 1 aliphatic rings. The lowest BCUT2D eigenvalue weighted by atomic mass is 9.85. The summed E-state index contributed by atoms with van der Waals surface area (Å²) in [6.45, 7) is 1.41. The Balaban J connectivity index is 1.58. The van der Waals surface area contributed by atoms with Crippen molar-refractivity contribution in [1.29, 1.82) is 0 Å². The van der Waals surface area contributed by atoms with E-state index in [4.69, 9.17) is 16.6 Å². The Morgan fingerprint density at radius 3 is 2.37 bits per heavy atom. The monoisotopic (exact) mass is 525 g/mol. The van der Waals surface area contributed by atoms with Crippen LogP contribution in [0.1, 0.15) is 29.8 Å². The Labute approximate surface area is 226 Å². The van der Waals surface area contributed by atoms with Gasteiger partial charge in [0.25, 0.3) is 0 Å². The van der Waals surface area contributed by atoms with Crippen molar-refractivity contribution in [3.05, 3.63) is 107 Å². The summed E-state index contributed by atoms with van der Waals surface area (Å²) in [6.07, 6.45) is 7.89. The zero-order valence-corrected chi connectivity index (χ0v) is 21.8. The first-order chi connectivity index (χ1) is 18.5. The van der Waals surface area contributed by atoms with Gasteiger partial charge in [0.2, 0.25) is 0 Å². The molecule has 3 aromatic heterocycles. The summed E-state index contributed by atoms with van der Waals surface area (Å²) in [4.78, 5) is 15.9. The number of hydrogen-bond donors (Lipinski definition) is 2. The van der Waals surface area contributed by atoms with E-state index < -0.39 is 5.60 Å². The average Bonchev–Trinajstić information content (AvgIpc) is 3.40. The Hall–Kier alpha value is -3.78. The molecule has 2 aromatic carbocycles. The number of benzene rings is 2. The van der Waals surface area contributed by atoms with E-state index in [9.17, 15) is 10.2 Å². The van der Waals surface area contributed by atoms with Gasteiger partial charge in [-0.15, -0.1) is 0 Å². The Kier molecular flexibility index (Phi) is 6.35. The molecule has 1 unspecified atom stereocenters. The number of halogens is 1. The number of piperidine rings is 1. The number of anilines is 1. The highest BCUT2D eigenvalue weighted by Crippen LogP contribution is 2.43. The number of hydrogen-bond acceptors (Lipinski definition) is 6. The van der Waals surface area contributed by atoms with Crippen molar-refractivity contribution in [1.82, 2.24) is 19.5 Å². The third-order valence-corrected chi connectivity index (χ3v) is 7.78. The molecular weight excluding hydrogens is 498 g/mol. The molecule has 0 aliphatic carbocycles. The highest BCUT2D eigenvalue weighted by atomic mass is 35.5. The van der Waals surface area contributed by atoms with Gasteiger partial charge in [0.1, 0.15) is 11.6 Å². The number of imidazole rings is 1. The van der Waals surface area contributed by atoms with Gasteiger partial charge in [0.05, 0.1) is 16.6 Å². The maximum Gasteiger partial charge on any atom is 0.173 e. The number of nitrogens with zero attached hydrogens (tertiary/aromatic N) is 5. The maximum absolute atomic E-state index is 12.3. The second-order valence-corrected chi connectivity index (χ2v) is 10.1. The standard InChI is InChI=1S/C30H28ClN5O2/c1-35-18-15-33-29(35)30(38,21-9-13-32-14-10-21)22-7-8-25-24(19-22)27(31)26(20-5-3-2-4-6-20)28(34-25)36-16-11-23(37)12-17-36/h2-10,13-15,18-19,23,37-38H,11-12,16-17H2,1H3.